The highest BCUT2D eigenvalue weighted by Gasteiger charge is 2.18. The van der Waals surface area contributed by atoms with Crippen LogP contribution in [0.1, 0.15) is 18.9 Å². The molecule has 20 heavy (non-hydrogen) atoms. The van der Waals surface area contributed by atoms with Gasteiger partial charge in [0.25, 0.3) is 0 Å². The first-order valence-electron chi connectivity index (χ1n) is 7.48. The van der Waals surface area contributed by atoms with Gasteiger partial charge in [-0.15, -0.1) is 0 Å². The lowest BCUT2D eigenvalue weighted by Gasteiger charge is -2.36. The molecule has 0 aromatic heterocycles. The smallest absolute Gasteiger partial charge is 0.119 e. The molecule has 1 saturated heterocycles. The van der Waals surface area contributed by atoms with Crippen LogP contribution < -0.4 is 10.5 Å². The van der Waals surface area contributed by atoms with E-state index in [1.54, 1.807) is 0 Å². The number of nitrogens with zero attached hydrogens (tertiary/aromatic N) is 2. The number of likely N-dealkylation sites (N-methyl/N-ethyl adjacent to an activating group) is 1. The van der Waals surface area contributed by atoms with Gasteiger partial charge in [-0.3, -0.25) is 4.90 Å². The van der Waals surface area contributed by atoms with E-state index in [2.05, 4.69) is 23.8 Å². The van der Waals surface area contributed by atoms with Gasteiger partial charge >= 0.3 is 0 Å². The molecule has 0 aliphatic carbocycles. The van der Waals surface area contributed by atoms with Gasteiger partial charge in [0, 0.05) is 37.9 Å². The summed E-state index contributed by atoms with van der Waals surface area (Å²) in [5, 5.41) is 0. The molecule has 2 N–H and O–H groups in total. The van der Waals surface area contributed by atoms with Crippen molar-refractivity contribution < 1.29 is 4.74 Å². The minimum absolute atomic E-state index is 0.582. The Hall–Kier alpha value is -1.26. The first-order valence-corrected chi connectivity index (χ1v) is 7.48. The summed E-state index contributed by atoms with van der Waals surface area (Å²) in [5.41, 5.74) is 7.71. The maximum Gasteiger partial charge on any atom is 0.119 e. The number of anilines is 1. The molecule has 0 amide bonds. The lowest BCUT2D eigenvalue weighted by Crippen LogP contribution is -2.48. The maximum absolute atomic E-state index is 5.83. The SMILES string of the molecule is Cc1cc(OCCC(C)N2CCN(C)CC2)ccc1N. The van der Waals surface area contributed by atoms with Crippen molar-refractivity contribution in [3.8, 4) is 5.75 Å². The average molecular weight is 277 g/mol. The Labute approximate surface area is 122 Å². The minimum atomic E-state index is 0.582. The van der Waals surface area contributed by atoms with E-state index in [4.69, 9.17) is 10.5 Å². The summed E-state index contributed by atoms with van der Waals surface area (Å²) in [7, 11) is 2.19. The fraction of sp³-hybridized carbons (Fsp3) is 0.625. The first-order chi connectivity index (χ1) is 9.56. The number of piperazine rings is 1. The standard InChI is InChI=1S/C16H27N3O/c1-13-12-15(4-5-16(13)17)20-11-6-14(2)19-9-7-18(3)8-10-19/h4-5,12,14H,6-11,17H2,1-3H3. The topological polar surface area (TPSA) is 41.7 Å². The second-order valence-corrected chi connectivity index (χ2v) is 5.84. The molecule has 1 unspecified atom stereocenters. The Balaban J connectivity index is 1.73. The molecular weight excluding hydrogens is 250 g/mol. The summed E-state index contributed by atoms with van der Waals surface area (Å²) in [5.74, 6) is 0.919. The predicted octanol–water partition coefficient (Wildman–Crippen LogP) is 1.98. The van der Waals surface area contributed by atoms with Gasteiger partial charge in [-0.25, -0.2) is 0 Å². The quantitative estimate of drug-likeness (QED) is 0.836. The van der Waals surface area contributed by atoms with E-state index in [-0.39, 0.29) is 0 Å². The van der Waals surface area contributed by atoms with E-state index >= 15 is 0 Å². The number of nitrogen functional groups attached to an aromatic ring is 1. The number of hydrogen-bond acceptors (Lipinski definition) is 4. The van der Waals surface area contributed by atoms with Crippen LogP contribution in [-0.4, -0.2) is 55.7 Å². The largest absolute Gasteiger partial charge is 0.494 e. The van der Waals surface area contributed by atoms with Crippen molar-refractivity contribution >= 4 is 5.69 Å². The van der Waals surface area contributed by atoms with Crippen molar-refractivity contribution in [2.75, 3.05) is 45.6 Å². The number of rotatable bonds is 5. The van der Waals surface area contributed by atoms with Crippen LogP contribution >= 0.6 is 0 Å². The zero-order valence-electron chi connectivity index (χ0n) is 12.9. The second-order valence-electron chi connectivity index (χ2n) is 5.84. The molecule has 4 nitrogen and oxygen atoms in total. The molecule has 1 aromatic carbocycles. The monoisotopic (exact) mass is 277 g/mol. The van der Waals surface area contributed by atoms with Crippen LogP contribution in [-0.2, 0) is 0 Å². The minimum Gasteiger partial charge on any atom is -0.494 e. The molecular formula is C16H27N3O. The third-order valence-electron chi connectivity index (χ3n) is 4.21. The van der Waals surface area contributed by atoms with E-state index in [1.807, 2.05) is 25.1 Å². The average Bonchev–Trinajstić information content (AvgIpc) is 2.43. The van der Waals surface area contributed by atoms with Gasteiger partial charge in [0.2, 0.25) is 0 Å². The molecule has 2 rings (SSSR count). The summed E-state index contributed by atoms with van der Waals surface area (Å²) in [6.07, 6.45) is 1.06. The third-order valence-corrected chi connectivity index (χ3v) is 4.21. The zero-order valence-corrected chi connectivity index (χ0v) is 12.9. The molecule has 1 aliphatic rings. The summed E-state index contributed by atoms with van der Waals surface area (Å²) in [6.45, 7) is 9.73. The summed E-state index contributed by atoms with van der Waals surface area (Å²) >= 11 is 0. The molecule has 4 heteroatoms. The van der Waals surface area contributed by atoms with Gasteiger partial charge < -0.3 is 15.4 Å². The van der Waals surface area contributed by atoms with Crippen molar-refractivity contribution in [1.29, 1.82) is 0 Å². The number of aryl methyl sites for hydroxylation is 1. The number of benzene rings is 1. The van der Waals surface area contributed by atoms with Gasteiger partial charge in [0.15, 0.2) is 0 Å². The maximum atomic E-state index is 5.83. The molecule has 0 saturated carbocycles. The highest BCUT2D eigenvalue weighted by Crippen LogP contribution is 2.19. The Morgan fingerprint density at radius 3 is 2.60 bits per heavy atom. The number of ether oxygens (including phenoxy) is 1. The van der Waals surface area contributed by atoms with E-state index in [0.717, 1.165) is 30.0 Å². The van der Waals surface area contributed by atoms with E-state index in [9.17, 15) is 0 Å². The van der Waals surface area contributed by atoms with Crippen molar-refractivity contribution in [2.24, 2.45) is 0 Å². The molecule has 0 spiro atoms. The second kappa shape index (κ2) is 6.95. The number of hydrogen-bond donors (Lipinski definition) is 1. The Morgan fingerprint density at radius 2 is 1.95 bits per heavy atom. The van der Waals surface area contributed by atoms with Crippen molar-refractivity contribution in [3.05, 3.63) is 23.8 Å². The third kappa shape index (κ3) is 4.12. The van der Waals surface area contributed by atoms with Crippen LogP contribution in [0.25, 0.3) is 0 Å². The van der Waals surface area contributed by atoms with Gasteiger partial charge in [0.05, 0.1) is 6.61 Å². The summed E-state index contributed by atoms with van der Waals surface area (Å²) < 4.78 is 5.83. The van der Waals surface area contributed by atoms with Crippen LogP contribution in [0.4, 0.5) is 5.69 Å². The van der Waals surface area contributed by atoms with E-state index in [0.29, 0.717) is 6.04 Å². The molecule has 1 aliphatic heterocycles. The Morgan fingerprint density at radius 1 is 1.25 bits per heavy atom. The lowest BCUT2D eigenvalue weighted by molar-refractivity contribution is 0.106. The zero-order chi connectivity index (χ0) is 14.5. The van der Waals surface area contributed by atoms with Crippen molar-refractivity contribution in [1.82, 2.24) is 9.80 Å². The predicted molar refractivity (Wildman–Crippen MR) is 84.2 cm³/mol. The normalized spacial score (nSPS) is 18.9. The fourth-order valence-corrected chi connectivity index (χ4v) is 2.53. The van der Waals surface area contributed by atoms with Gasteiger partial charge in [0.1, 0.15) is 5.75 Å². The van der Waals surface area contributed by atoms with Gasteiger partial charge in [-0.05, 0) is 51.1 Å². The fourth-order valence-electron chi connectivity index (χ4n) is 2.53. The highest BCUT2D eigenvalue weighted by atomic mass is 16.5. The highest BCUT2D eigenvalue weighted by molar-refractivity contribution is 5.49. The van der Waals surface area contributed by atoms with Crippen LogP contribution in [0.5, 0.6) is 5.75 Å². The van der Waals surface area contributed by atoms with E-state index < -0.39 is 0 Å². The molecule has 0 bridgehead atoms. The van der Waals surface area contributed by atoms with E-state index in [1.165, 1.54) is 26.2 Å². The molecule has 1 heterocycles. The molecule has 0 radical (unpaired) electrons. The molecule has 1 aromatic rings. The van der Waals surface area contributed by atoms with Gasteiger partial charge in [-0.2, -0.15) is 0 Å². The van der Waals surface area contributed by atoms with Crippen LogP contribution in [0.3, 0.4) is 0 Å². The molecule has 1 atom stereocenters. The van der Waals surface area contributed by atoms with Gasteiger partial charge in [-0.1, -0.05) is 0 Å². The van der Waals surface area contributed by atoms with Crippen LogP contribution in [0, 0.1) is 6.92 Å². The van der Waals surface area contributed by atoms with Crippen LogP contribution in [0.15, 0.2) is 18.2 Å². The Bertz CT molecular complexity index is 428. The summed E-state index contributed by atoms with van der Waals surface area (Å²) in [6, 6.07) is 6.45. The van der Waals surface area contributed by atoms with Crippen molar-refractivity contribution in [2.45, 2.75) is 26.3 Å². The number of nitrogens with two attached hydrogens (primary N) is 1. The Kier molecular flexibility index (Phi) is 5.26. The summed E-state index contributed by atoms with van der Waals surface area (Å²) in [4.78, 5) is 4.94. The molecule has 1 fully saturated rings. The van der Waals surface area contributed by atoms with Crippen molar-refractivity contribution in [3.63, 3.8) is 0 Å². The van der Waals surface area contributed by atoms with Crippen LogP contribution in [0.2, 0.25) is 0 Å². The molecule has 112 valence electrons. The lowest BCUT2D eigenvalue weighted by atomic mass is 10.2. The first kappa shape index (κ1) is 15.1.